The van der Waals surface area contributed by atoms with Crippen LogP contribution >= 0.6 is 0 Å². The molecule has 13 heteroatoms. The van der Waals surface area contributed by atoms with E-state index in [1.54, 1.807) is 19.2 Å². The zero-order valence-electron chi connectivity index (χ0n) is 29.2. The van der Waals surface area contributed by atoms with Crippen molar-refractivity contribution in [2.45, 2.75) is 57.4 Å². The Bertz CT molecular complexity index is 1940. The van der Waals surface area contributed by atoms with Crippen LogP contribution in [-0.4, -0.2) is 37.3 Å². The molecule has 1 unspecified atom stereocenters. The van der Waals surface area contributed by atoms with Crippen molar-refractivity contribution in [2.75, 3.05) is 14.2 Å². The molecule has 1 heterocycles. The molecule has 0 spiro atoms. The first-order chi connectivity index (χ1) is 25.1. The highest BCUT2D eigenvalue weighted by Gasteiger charge is 2.35. The second kappa shape index (κ2) is 19.5. The summed E-state index contributed by atoms with van der Waals surface area (Å²) in [6.07, 6.45) is 14.8. The molecule has 2 aliphatic rings. The molecule has 2 saturated carbocycles. The number of methoxy groups -OCH3 is 2. The number of esters is 2. The van der Waals surface area contributed by atoms with E-state index in [1.807, 2.05) is 12.1 Å². The molecule has 264 valence electrons. The largest absolute Gasteiger partial charge is 0.476 e. The summed E-state index contributed by atoms with van der Waals surface area (Å²) in [5.41, 5.74) is 1.15. The van der Waals surface area contributed by atoms with Crippen LogP contribution in [0.4, 0.5) is 0 Å². The Morgan fingerprint density at radius 3 is 1.92 bits per heavy atom. The van der Waals surface area contributed by atoms with Crippen molar-refractivity contribution in [3.8, 4) is 30.2 Å². The van der Waals surface area contributed by atoms with Crippen molar-refractivity contribution in [2.24, 2.45) is 30.7 Å². The van der Waals surface area contributed by atoms with Gasteiger partial charge >= 0.3 is 29.8 Å². The van der Waals surface area contributed by atoms with Gasteiger partial charge in [-0.1, -0.05) is 18.2 Å². The van der Waals surface area contributed by atoms with Gasteiger partial charge in [-0.25, -0.2) is 16.7 Å². The van der Waals surface area contributed by atoms with Crippen molar-refractivity contribution in [3.63, 3.8) is 0 Å². The number of allylic oxidation sites excluding steroid dienone is 9. The van der Waals surface area contributed by atoms with Crippen molar-refractivity contribution >= 4 is 24.1 Å². The maximum absolute atomic E-state index is 12.0. The topological polar surface area (TPSA) is 194 Å². The Labute approximate surface area is 303 Å². The standard InChI is InChI=1S/C39H37N7O6/c1-44-31(23-42)35(25-13-17-27(18-14-25)37(47)50-4)29(21-40)9-6-7-11-33-39(49)52-34(46(33)3)12-8-10-30(22-41)36(32(24-43)45-2)26-15-19-28(20-16-26)38(48)51-5/h6-12,25-28,31H,13-20H2,3-5H3/p+1/b9-6+,11-7+,12-8+,30-10+,35-29+,36-32+. The lowest BCUT2D eigenvalue weighted by atomic mass is 9.75. The number of rotatable bonds is 11. The molecule has 1 aromatic heterocycles. The summed E-state index contributed by atoms with van der Waals surface area (Å²) in [6.45, 7) is 15.1. The van der Waals surface area contributed by atoms with Gasteiger partial charge in [-0.2, -0.15) is 20.4 Å². The molecule has 0 bridgehead atoms. The minimum absolute atomic E-state index is 0.128. The molecule has 0 saturated heterocycles. The Morgan fingerprint density at radius 1 is 0.865 bits per heavy atom. The Kier molecular flexibility index (Phi) is 14.9. The van der Waals surface area contributed by atoms with Gasteiger partial charge in [-0.3, -0.25) is 14.4 Å². The average molecular weight is 701 g/mol. The SMILES string of the molecule is [C-]#[N+]/C(C#N)=C(/C(C#N)=C/C=C/c1oc(O)c(/C=C/C=C/C(C#N)=C(/C2CCC(C(=O)OC)CC2)C(C#N)[N+]#[C-])[n+]1C)C1CCC(C(=O)OC)CC1. The zero-order chi connectivity index (χ0) is 38.2. The smallest absolute Gasteiger partial charge is 0.376 e. The predicted molar refractivity (Wildman–Crippen MR) is 185 cm³/mol. The highest BCUT2D eigenvalue weighted by molar-refractivity contribution is 5.73. The van der Waals surface area contributed by atoms with E-state index in [1.165, 1.54) is 49.2 Å². The number of nitrogens with zero attached hydrogens (tertiary/aromatic N) is 7. The molecule has 2 aliphatic carbocycles. The summed E-state index contributed by atoms with van der Waals surface area (Å²) in [4.78, 5) is 30.8. The molecule has 52 heavy (non-hydrogen) atoms. The lowest BCUT2D eigenvalue weighted by molar-refractivity contribution is -0.678. The number of nitriles is 4. The number of ether oxygens (including phenoxy) is 2. The Morgan fingerprint density at radius 2 is 1.44 bits per heavy atom. The van der Waals surface area contributed by atoms with Gasteiger partial charge in [0.05, 0.1) is 62.5 Å². The fourth-order valence-electron chi connectivity index (χ4n) is 6.76. The highest BCUT2D eigenvalue weighted by Crippen LogP contribution is 2.39. The fraction of sp³-hybridized carbons (Fsp3) is 0.410. The summed E-state index contributed by atoms with van der Waals surface area (Å²) >= 11 is 0. The van der Waals surface area contributed by atoms with Gasteiger partial charge in [-0.15, -0.1) is 0 Å². The van der Waals surface area contributed by atoms with Crippen molar-refractivity contribution < 1.29 is 33.2 Å². The van der Waals surface area contributed by atoms with Crippen molar-refractivity contribution in [1.29, 1.82) is 21.0 Å². The number of aromatic hydroxyl groups is 1. The molecular formula is C39H38N7O6+. The minimum atomic E-state index is -1.15. The van der Waals surface area contributed by atoms with Crippen LogP contribution in [0.1, 0.15) is 63.0 Å². The van der Waals surface area contributed by atoms with Crippen LogP contribution in [0.5, 0.6) is 5.95 Å². The normalized spacial score (nSPS) is 22.1. The van der Waals surface area contributed by atoms with Gasteiger partial charge in [0, 0.05) is 17.2 Å². The van der Waals surface area contributed by atoms with E-state index < -0.39 is 12.0 Å². The molecular weight excluding hydrogens is 662 g/mol. The third kappa shape index (κ3) is 9.52. The molecule has 13 nitrogen and oxygen atoms in total. The van der Waals surface area contributed by atoms with Crippen LogP contribution in [0, 0.1) is 82.1 Å². The monoisotopic (exact) mass is 700 g/mol. The van der Waals surface area contributed by atoms with E-state index in [2.05, 4.69) is 21.8 Å². The molecule has 0 aromatic carbocycles. The van der Waals surface area contributed by atoms with E-state index in [0.29, 0.717) is 62.5 Å². The van der Waals surface area contributed by atoms with Crippen LogP contribution < -0.4 is 4.57 Å². The van der Waals surface area contributed by atoms with Crippen LogP contribution in [0.3, 0.4) is 0 Å². The zero-order valence-corrected chi connectivity index (χ0v) is 29.2. The lowest BCUT2D eigenvalue weighted by Gasteiger charge is -2.28. The number of oxazole rings is 1. The average Bonchev–Trinajstić information content (AvgIpc) is 3.45. The second-order valence-electron chi connectivity index (χ2n) is 12.2. The number of aromatic nitrogens is 1. The van der Waals surface area contributed by atoms with Crippen LogP contribution in [0.2, 0.25) is 0 Å². The molecule has 3 rings (SSSR count). The van der Waals surface area contributed by atoms with Gasteiger partial charge < -0.3 is 19.0 Å². The van der Waals surface area contributed by atoms with Gasteiger partial charge in [0.2, 0.25) is 0 Å². The molecule has 1 atom stereocenters. The minimum Gasteiger partial charge on any atom is -0.476 e. The maximum Gasteiger partial charge on any atom is 0.376 e. The number of carbonyl (C=O) groups excluding carboxylic acids is 2. The molecule has 1 aromatic rings. The molecule has 0 amide bonds. The predicted octanol–water partition coefficient (Wildman–Crippen LogP) is 6.13. The first-order valence-electron chi connectivity index (χ1n) is 16.6. The first kappa shape index (κ1) is 39.8. The number of carbonyl (C=O) groups is 2. The van der Waals surface area contributed by atoms with E-state index in [4.69, 9.17) is 27.0 Å². The van der Waals surface area contributed by atoms with Gasteiger partial charge in [0.25, 0.3) is 11.4 Å². The highest BCUT2D eigenvalue weighted by atomic mass is 16.5. The first-order valence-corrected chi connectivity index (χ1v) is 16.6. The molecule has 0 radical (unpaired) electrons. The summed E-state index contributed by atoms with van der Waals surface area (Å²) in [6, 6.07) is 6.94. The summed E-state index contributed by atoms with van der Waals surface area (Å²) in [7, 11) is 4.31. The Hall–Kier alpha value is -6.67. The van der Waals surface area contributed by atoms with E-state index in [9.17, 15) is 35.7 Å². The lowest BCUT2D eigenvalue weighted by Crippen LogP contribution is -2.31. The molecule has 2 fully saturated rings. The van der Waals surface area contributed by atoms with Crippen LogP contribution in [-0.2, 0) is 26.1 Å². The van der Waals surface area contributed by atoms with E-state index in [-0.39, 0.29) is 64.0 Å². The number of hydrogen-bond acceptors (Lipinski definition) is 10. The Balaban J connectivity index is 1.85. The van der Waals surface area contributed by atoms with Gasteiger partial charge in [-0.05, 0) is 80.9 Å². The van der Waals surface area contributed by atoms with E-state index in [0.717, 1.165) is 0 Å². The quantitative estimate of drug-likeness (QED) is 0.0923. The molecule has 0 aliphatic heterocycles. The summed E-state index contributed by atoms with van der Waals surface area (Å²) in [5, 5.41) is 49.9. The molecule has 1 N–H and O–H groups in total. The van der Waals surface area contributed by atoms with Crippen LogP contribution in [0.25, 0.3) is 21.8 Å². The number of hydrogen-bond donors (Lipinski definition) is 1. The van der Waals surface area contributed by atoms with Crippen molar-refractivity contribution in [3.05, 3.63) is 92.8 Å². The maximum atomic E-state index is 12.0. The summed E-state index contributed by atoms with van der Waals surface area (Å²) < 4.78 is 16.8. The summed E-state index contributed by atoms with van der Waals surface area (Å²) in [5.74, 6) is -1.80. The fourth-order valence-corrected chi connectivity index (χ4v) is 6.76. The second-order valence-corrected chi connectivity index (χ2v) is 12.2. The third-order valence-electron chi connectivity index (χ3n) is 9.47. The van der Waals surface area contributed by atoms with Gasteiger partial charge in [0.1, 0.15) is 7.05 Å². The third-order valence-corrected chi connectivity index (χ3v) is 9.47. The van der Waals surface area contributed by atoms with Crippen LogP contribution in [0.15, 0.2) is 62.8 Å². The van der Waals surface area contributed by atoms with Gasteiger partial charge in [0.15, 0.2) is 6.07 Å². The van der Waals surface area contributed by atoms with E-state index >= 15 is 0 Å². The van der Waals surface area contributed by atoms with Crippen molar-refractivity contribution in [1.82, 2.24) is 0 Å².